The second-order valence-electron chi connectivity index (χ2n) is 8.66. The summed E-state index contributed by atoms with van der Waals surface area (Å²) in [5.41, 5.74) is 0.995. The van der Waals surface area contributed by atoms with E-state index in [9.17, 15) is 9.59 Å². The Balaban J connectivity index is 1.77. The third-order valence-corrected chi connectivity index (χ3v) is 6.36. The molecule has 0 aromatic heterocycles. The first-order valence-electron chi connectivity index (χ1n) is 11.8. The molecule has 6 nitrogen and oxygen atoms in total. The average molecular weight is 483 g/mol. The third kappa shape index (κ3) is 5.49. The highest BCUT2D eigenvalue weighted by Gasteiger charge is 2.50. The molecule has 1 unspecified atom stereocenters. The van der Waals surface area contributed by atoms with E-state index in [1.165, 1.54) is 14.2 Å². The van der Waals surface area contributed by atoms with E-state index < -0.39 is 23.4 Å². The molecule has 36 heavy (non-hydrogen) atoms. The molecule has 4 rings (SSSR count). The Morgan fingerprint density at radius 2 is 1.28 bits per heavy atom. The van der Waals surface area contributed by atoms with Crippen LogP contribution in [0.2, 0.25) is 0 Å². The number of anilines is 2. The Morgan fingerprint density at radius 3 is 1.89 bits per heavy atom. The number of carbonyl (C=O) groups is 2. The molecular formula is C30H30N2O4. The molecule has 0 aliphatic carbocycles. The zero-order chi connectivity index (χ0) is 25.4. The molecule has 0 amide bonds. The van der Waals surface area contributed by atoms with Crippen molar-refractivity contribution in [3.8, 4) is 0 Å². The van der Waals surface area contributed by atoms with E-state index in [2.05, 4.69) is 22.8 Å². The molecule has 184 valence electrons. The number of para-hydroxylation sites is 2. The van der Waals surface area contributed by atoms with Crippen molar-refractivity contribution in [2.45, 2.75) is 12.5 Å². The molecule has 0 saturated carbocycles. The lowest BCUT2D eigenvalue weighted by molar-refractivity contribution is -0.168. The minimum absolute atomic E-state index is 0.0108. The summed E-state index contributed by atoms with van der Waals surface area (Å²) in [6.45, 7) is 0.0108. The van der Waals surface area contributed by atoms with Crippen LogP contribution in [0.25, 0.3) is 10.8 Å². The second kappa shape index (κ2) is 11.4. The quantitative estimate of drug-likeness (QED) is 0.219. The first-order valence-corrected chi connectivity index (χ1v) is 11.8. The molecule has 1 atom stereocenters. The van der Waals surface area contributed by atoms with Gasteiger partial charge in [0.2, 0.25) is 0 Å². The maximum atomic E-state index is 13.3. The molecule has 6 heteroatoms. The van der Waals surface area contributed by atoms with Crippen LogP contribution in [-0.2, 0) is 19.1 Å². The summed E-state index contributed by atoms with van der Waals surface area (Å²) in [4.78, 5) is 26.6. The number of rotatable bonds is 10. The number of benzene rings is 4. The Bertz CT molecular complexity index is 1290. The summed E-state index contributed by atoms with van der Waals surface area (Å²) in [5, 5.41) is 8.94. The van der Waals surface area contributed by atoms with Crippen molar-refractivity contribution in [2.75, 3.05) is 31.4 Å². The lowest BCUT2D eigenvalue weighted by Gasteiger charge is -2.33. The summed E-state index contributed by atoms with van der Waals surface area (Å²) in [6.07, 6.45) is 0.111. The maximum Gasteiger partial charge on any atom is 0.325 e. The number of esters is 2. The monoisotopic (exact) mass is 482 g/mol. The molecule has 0 fully saturated rings. The highest BCUT2D eigenvalue weighted by Crippen LogP contribution is 2.37. The van der Waals surface area contributed by atoms with Gasteiger partial charge in [-0.2, -0.15) is 0 Å². The minimum atomic E-state index is -1.60. The zero-order valence-corrected chi connectivity index (χ0v) is 20.4. The standard InChI is InChI=1S/C30H30N2O4/c1-35-28(33)30(29(34)36-2,21-31-25-13-5-3-6-14-25)20-27(32-26-15-7-4-8-16-26)24-18-17-22-11-9-10-12-23(22)19-24/h3-19,27,31-32H,20-21H2,1-2H3. The summed E-state index contributed by atoms with van der Waals surface area (Å²) in [7, 11) is 2.58. The van der Waals surface area contributed by atoms with E-state index in [0.717, 1.165) is 27.7 Å². The molecule has 4 aromatic rings. The fourth-order valence-electron chi connectivity index (χ4n) is 4.43. The smallest absolute Gasteiger partial charge is 0.325 e. The van der Waals surface area contributed by atoms with Gasteiger partial charge in [0.25, 0.3) is 0 Å². The van der Waals surface area contributed by atoms with E-state index in [4.69, 9.17) is 9.47 Å². The third-order valence-electron chi connectivity index (χ3n) is 6.36. The number of nitrogens with one attached hydrogen (secondary N) is 2. The normalized spacial score (nSPS) is 11.9. The van der Waals surface area contributed by atoms with Gasteiger partial charge in [-0.05, 0) is 46.7 Å². The Hall–Kier alpha value is -4.32. The molecule has 0 aliphatic rings. The van der Waals surface area contributed by atoms with Crippen LogP contribution < -0.4 is 10.6 Å². The Kier molecular flexibility index (Phi) is 7.85. The summed E-state index contributed by atoms with van der Waals surface area (Å²) in [5.74, 6) is -1.31. The number of carbonyl (C=O) groups excluding carboxylic acids is 2. The fraction of sp³-hybridized carbons (Fsp3) is 0.200. The van der Waals surface area contributed by atoms with E-state index in [0.29, 0.717) is 0 Å². The van der Waals surface area contributed by atoms with Crippen LogP contribution >= 0.6 is 0 Å². The first-order chi connectivity index (χ1) is 17.6. The topological polar surface area (TPSA) is 76.7 Å². The van der Waals surface area contributed by atoms with Crippen LogP contribution in [-0.4, -0.2) is 32.7 Å². The van der Waals surface area contributed by atoms with Crippen molar-refractivity contribution in [1.82, 2.24) is 0 Å². The van der Waals surface area contributed by atoms with Crippen molar-refractivity contribution < 1.29 is 19.1 Å². The lowest BCUT2D eigenvalue weighted by Crippen LogP contribution is -2.48. The summed E-state index contributed by atoms with van der Waals surface area (Å²) in [6, 6.07) is 33.0. The van der Waals surface area contributed by atoms with Gasteiger partial charge in [-0.1, -0.05) is 72.8 Å². The number of methoxy groups -OCH3 is 2. The van der Waals surface area contributed by atoms with Crippen LogP contribution in [0, 0.1) is 5.41 Å². The number of hydrogen-bond acceptors (Lipinski definition) is 6. The highest BCUT2D eigenvalue weighted by molar-refractivity contribution is 6.01. The van der Waals surface area contributed by atoms with E-state index >= 15 is 0 Å². The van der Waals surface area contributed by atoms with Gasteiger partial charge in [0.1, 0.15) is 0 Å². The number of hydrogen-bond donors (Lipinski definition) is 2. The molecule has 0 radical (unpaired) electrons. The molecular weight excluding hydrogens is 452 g/mol. The van der Waals surface area contributed by atoms with Crippen molar-refractivity contribution in [1.29, 1.82) is 0 Å². The maximum absolute atomic E-state index is 13.3. The predicted molar refractivity (Wildman–Crippen MR) is 143 cm³/mol. The second-order valence-corrected chi connectivity index (χ2v) is 8.66. The van der Waals surface area contributed by atoms with E-state index in [1.807, 2.05) is 91.0 Å². The minimum Gasteiger partial charge on any atom is -0.468 e. The average Bonchev–Trinajstić information content (AvgIpc) is 2.94. The van der Waals surface area contributed by atoms with E-state index in [1.54, 1.807) is 0 Å². The molecule has 0 aliphatic heterocycles. The van der Waals surface area contributed by atoms with Gasteiger partial charge >= 0.3 is 11.9 Å². The van der Waals surface area contributed by atoms with Gasteiger partial charge in [-0.15, -0.1) is 0 Å². The van der Waals surface area contributed by atoms with Gasteiger partial charge < -0.3 is 20.1 Å². The van der Waals surface area contributed by atoms with Crippen molar-refractivity contribution >= 4 is 34.1 Å². The molecule has 0 saturated heterocycles. The predicted octanol–water partition coefficient (Wildman–Crippen LogP) is 5.83. The van der Waals surface area contributed by atoms with Crippen LogP contribution in [0.1, 0.15) is 18.0 Å². The first kappa shape index (κ1) is 24.8. The molecule has 0 heterocycles. The van der Waals surface area contributed by atoms with Gasteiger partial charge in [-0.25, -0.2) is 0 Å². The van der Waals surface area contributed by atoms with Crippen molar-refractivity contribution in [3.05, 3.63) is 109 Å². The Morgan fingerprint density at radius 1 is 0.722 bits per heavy atom. The molecule has 4 aromatic carbocycles. The Labute approximate surface area is 211 Å². The fourth-order valence-corrected chi connectivity index (χ4v) is 4.43. The highest BCUT2D eigenvalue weighted by atomic mass is 16.5. The molecule has 0 spiro atoms. The van der Waals surface area contributed by atoms with Crippen LogP contribution in [0.3, 0.4) is 0 Å². The SMILES string of the molecule is COC(=O)C(CNc1ccccc1)(CC(Nc1ccccc1)c1ccc2ccccc2c1)C(=O)OC. The van der Waals surface area contributed by atoms with Crippen LogP contribution in [0.4, 0.5) is 11.4 Å². The van der Waals surface area contributed by atoms with Crippen molar-refractivity contribution in [3.63, 3.8) is 0 Å². The van der Waals surface area contributed by atoms with Gasteiger partial charge in [0, 0.05) is 24.3 Å². The summed E-state index contributed by atoms with van der Waals surface area (Å²) >= 11 is 0. The van der Waals surface area contributed by atoms with Crippen LogP contribution in [0.5, 0.6) is 0 Å². The van der Waals surface area contributed by atoms with Gasteiger partial charge in [-0.3, -0.25) is 9.59 Å². The summed E-state index contributed by atoms with van der Waals surface area (Å²) < 4.78 is 10.4. The van der Waals surface area contributed by atoms with E-state index in [-0.39, 0.29) is 13.0 Å². The largest absolute Gasteiger partial charge is 0.468 e. The number of fused-ring (bicyclic) bond motifs is 1. The van der Waals surface area contributed by atoms with Gasteiger partial charge in [0.05, 0.1) is 20.3 Å². The molecule has 2 N–H and O–H groups in total. The van der Waals surface area contributed by atoms with Crippen molar-refractivity contribution in [2.24, 2.45) is 5.41 Å². The zero-order valence-electron chi connectivity index (χ0n) is 20.4. The van der Waals surface area contributed by atoms with Crippen LogP contribution in [0.15, 0.2) is 103 Å². The lowest BCUT2D eigenvalue weighted by atomic mass is 9.79. The number of ether oxygens (including phenoxy) is 2. The van der Waals surface area contributed by atoms with Gasteiger partial charge in [0.15, 0.2) is 5.41 Å². The molecule has 0 bridgehead atoms.